The van der Waals surface area contributed by atoms with Gasteiger partial charge in [-0.1, -0.05) is 66.7 Å². The number of hydrogen-bond acceptors (Lipinski definition) is 3. The summed E-state index contributed by atoms with van der Waals surface area (Å²) in [6.07, 6.45) is 1.03. The van der Waals surface area contributed by atoms with Crippen LogP contribution in [-0.4, -0.2) is 4.98 Å². The van der Waals surface area contributed by atoms with Crippen molar-refractivity contribution < 1.29 is 0 Å². The molecule has 27 heavy (non-hydrogen) atoms. The minimum atomic E-state index is 0.233. The van der Waals surface area contributed by atoms with Gasteiger partial charge in [0.2, 0.25) is 0 Å². The molecular weight excluding hydrogens is 348 g/mol. The predicted octanol–water partition coefficient (Wildman–Crippen LogP) is 6.55. The molecule has 0 fully saturated rings. The topological polar surface area (TPSA) is 24.9 Å². The predicted molar refractivity (Wildman–Crippen MR) is 114 cm³/mol. The normalized spacial score (nSPS) is 13.1. The van der Waals surface area contributed by atoms with Crippen molar-refractivity contribution in [3.05, 3.63) is 94.9 Å². The maximum absolute atomic E-state index is 4.83. The highest BCUT2D eigenvalue weighted by atomic mass is 32.1. The minimum absolute atomic E-state index is 0.233. The second-order valence-electron chi connectivity index (χ2n) is 7.02. The maximum atomic E-state index is 4.83. The molecule has 1 aliphatic carbocycles. The summed E-state index contributed by atoms with van der Waals surface area (Å²) in [6.45, 7) is 2.17. The third-order valence-corrected chi connectivity index (χ3v) is 6.01. The van der Waals surface area contributed by atoms with E-state index in [1.807, 2.05) is 6.07 Å². The van der Waals surface area contributed by atoms with Gasteiger partial charge < -0.3 is 5.32 Å². The lowest BCUT2D eigenvalue weighted by Gasteiger charge is -2.12. The molecule has 3 aromatic carbocycles. The van der Waals surface area contributed by atoms with Gasteiger partial charge in [-0.2, -0.15) is 0 Å². The van der Waals surface area contributed by atoms with Gasteiger partial charge in [0.25, 0.3) is 0 Å². The standard InChI is InChI=1S/C24H20N2S/c1-16(17-7-3-2-4-8-17)25-24-26-23(15-27-24)20-12-11-19-13-18-9-5-6-10-21(18)22(19)14-20/h2-12,14-16H,13H2,1H3,(H,25,26). The summed E-state index contributed by atoms with van der Waals surface area (Å²) in [5.74, 6) is 0. The molecule has 2 nitrogen and oxygen atoms in total. The first-order valence-electron chi connectivity index (χ1n) is 9.26. The average molecular weight is 369 g/mol. The van der Waals surface area contributed by atoms with Crippen molar-refractivity contribution in [2.24, 2.45) is 0 Å². The Morgan fingerprint density at radius 2 is 1.67 bits per heavy atom. The first kappa shape index (κ1) is 16.3. The van der Waals surface area contributed by atoms with Crippen LogP contribution in [0.15, 0.2) is 78.2 Å². The number of nitrogens with zero attached hydrogens (tertiary/aromatic N) is 1. The number of hydrogen-bond donors (Lipinski definition) is 1. The van der Waals surface area contributed by atoms with Gasteiger partial charge in [0, 0.05) is 10.9 Å². The monoisotopic (exact) mass is 368 g/mol. The number of anilines is 1. The fraction of sp³-hybridized carbons (Fsp3) is 0.125. The van der Waals surface area contributed by atoms with Crippen molar-refractivity contribution in [1.29, 1.82) is 0 Å². The number of aromatic nitrogens is 1. The van der Waals surface area contributed by atoms with E-state index in [0.29, 0.717) is 0 Å². The maximum Gasteiger partial charge on any atom is 0.183 e. The zero-order valence-electron chi connectivity index (χ0n) is 15.1. The Hall–Kier alpha value is -2.91. The van der Waals surface area contributed by atoms with Crippen LogP contribution in [0.1, 0.15) is 29.7 Å². The second-order valence-corrected chi connectivity index (χ2v) is 7.88. The molecule has 1 heterocycles. The van der Waals surface area contributed by atoms with Gasteiger partial charge in [-0.3, -0.25) is 0 Å². The highest BCUT2D eigenvalue weighted by Crippen LogP contribution is 2.39. The number of benzene rings is 3. The Balaban J connectivity index is 1.41. The molecule has 0 saturated heterocycles. The smallest absolute Gasteiger partial charge is 0.183 e. The molecule has 0 saturated carbocycles. The van der Waals surface area contributed by atoms with Gasteiger partial charge in [-0.25, -0.2) is 4.98 Å². The molecular formula is C24H20N2S. The van der Waals surface area contributed by atoms with Gasteiger partial charge in [0.15, 0.2) is 5.13 Å². The van der Waals surface area contributed by atoms with Crippen LogP contribution in [0.5, 0.6) is 0 Å². The Morgan fingerprint density at radius 1 is 0.889 bits per heavy atom. The molecule has 4 aromatic rings. The molecule has 0 spiro atoms. The zero-order valence-corrected chi connectivity index (χ0v) is 16.0. The first-order chi connectivity index (χ1) is 13.3. The van der Waals surface area contributed by atoms with E-state index < -0.39 is 0 Å². The van der Waals surface area contributed by atoms with Crippen LogP contribution >= 0.6 is 11.3 Å². The molecule has 0 amide bonds. The molecule has 3 heteroatoms. The van der Waals surface area contributed by atoms with E-state index in [9.17, 15) is 0 Å². The summed E-state index contributed by atoms with van der Waals surface area (Å²) in [4.78, 5) is 4.83. The summed E-state index contributed by atoms with van der Waals surface area (Å²) in [7, 11) is 0. The Bertz CT molecular complexity index is 1100. The lowest BCUT2D eigenvalue weighted by molar-refractivity contribution is 0.882. The molecule has 1 atom stereocenters. The lowest BCUT2D eigenvalue weighted by Crippen LogP contribution is -2.05. The summed E-state index contributed by atoms with van der Waals surface area (Å²) < 4.78 is 0. The summed E-state index contributed by atoms with van der Waals surface area (Å²) in [5, 5.41) is 6.63. The molecule has 1 unspecified atom stereocenters. The van der Waals surface area contributed by atoms with E-state index in [4.69, 9.17) is 4.98 Å². The zero-order chi connectivity index (χ0) is 18.2. The molecule has 0 radical (unpaired) electrons. The van der Waals surface area contributed by atoms with E-state index >= 15 is 0 Å². The van der Waals surface area contributed by atoms with Crippen LogP contribution in [0, 0.1) is 0 Å². The number of nitrogens with one attached hydrogen (secondary N) is 1. The number of fused-ring (bicyclic) bond motifs is 3. The van der Waals surface area contributed by atoms with Crippen molar-refractivity contribution in [3.63, 3.8) is 0 Å². The van der Waals surface area contributed by atoms with E-state index in [0.717, 1.165) is 17.2 Å². The minimum Gasteiger partial charge on any atom is -0.355 e. The fourth-order valence-corrected chi connectivity index (χ4v) is 4.57. The van der Waals surface area contributed by atoms with Crippen molar-refractivity contribution in [2.75, 3.05) is 5.32 Å². The van der Waals surface area contributed by atoms with Gasteiger partial charge >= 0.3 is 0 Å². The van der Waals surface area contributed by atoms with E-state index in [-0.39, 0.29) is 6.04 Å². The Kier molecular flexibility index (Phi) is 4.02. The third kappa shape index (κ3) is 3.04. The van der Waals surface area contributed by atoms with Crippen molar-refractivity contribution in [1.82, 2.24) is 4.98 Å². The molecule has 1 aliphatic rings. The molecule has 5 rings (SSSR count). The number of thiazole rings is 1. The van der Waals surface area contributed by atoms with Crippen LogP contribution in [0.3, 0.4) is 0 Å². The Morgan fingerprint density at radius 3 is 2.56 bits per heavy atom. The number of rotatable bonds is 4. The van der Waals surface area contributed by atoms with E-state index in [2.05, 4.69) is 84.4 Å². The van der Waals surface area contributed by atoms with Gasteiger partial charge in [0.1, 0.15) is 0 Å². The third-order valence-electron chi connectivity index (χ3n) is 5.24. The summed E-state index contributed by atoms with van der Waals surface area (Å²) >= 11 is 1.66. The van der Waals surface area contributed by atoms with Crippen LogP contribution in [0.2, 0.25) is 0 Å². The molecule has 0 bridgehead atoms. The summed E-state index contributed by atoms with van der Waals surface area (Å²) in [6, 6.07) is 26.1. The molecule has 1 N–H and O–H groups in total. The van der Waals surface area contributed by atoms with E-state index in [1.165, 1.54) is 33.4 Å². The van der Waals surface area contributed by atoms with Gasteiger partial charge in [-0.15, -0.1) is 11.3 Å². The highest BCUT2D eigenvalue weighted by Gasteiger charge is 2.19. The van der Waals surface area contributed by atoms with Gasteiger partial charge in [-0.05, 0) is 47.2 Å². The molecule has 1 aromatic heterocycles. The van der Waals surface area contributed by atoms with Crippen LogP contribution < -0.4 is 5.32 Å². The average Bonchev–Trinajstić information content (AvgIpc) is 3.32. The van der Waals surface area contributed by atoms with Crippen LogP contribution in [-0.2, 0) is 6.42 Å². The SMILES string of the molecule is CC(Nc1nc(-c2ccc3c(c2)-c2ccccc2C3)cs1)c1ccccc1. The molecule has 132 valence electrons. The van der Waals surface area contributed by atoms with E-state index in [1.54, 1.807) is 11.3 Å². The van der Waals surface area contributed by atoms with Crippen LogP contribution in [0.4, 0.5) is 5.13 Å². The van der Waals surface area contributed by atoms with Gasteiger partial charge in [0.05, 0.1) is 11.7 Å². The lowest BCUT2D eigenvalue weighted by atomic mass is 10.0. The highest BCUT2D eigenvalue weighted by molar-refractivity contribution is 7.14. The molecule has 0 aliphatic heterocycles. The summed E-state index contributed by atoms with van der Waals surface area (Å²) in [5.41, 5.74) is 9.03. The Labute approximate surface area is 163 Å². The van der Waals surface area contributed by atoms with Crippen LogP contribution in [0.25, 0.3) is 22.4 Å². The van der Waals surface area contributed by atoms with Crippen molar-refractivity contribution in [3.8, 4) is 22.4 Å². The largest absolute Gasteiger partial charge is 0.355 e. The fourth-order valence-electron chi connectivity index (χ4n) is 3.77. The first-order valence-corrected chi connectivity index (χ1v) is 10.1. The van der Waals surface area contributed by atoms with Crippen molar-refractivity contribution in [2.45, 2.75) is 19.4 Å². The van der Waals surface area contributed by atoms with Crippen molar-refractivity contribution >= 4 is 16.5 Å². The quantitative estimate of drug-likeness (QED) is 0.389. The second kappa shape index (κ2) is 6.67.